The molecule has 19 heavy (non-hydrogen) atoms. The van der Waals surface area contributed by atoms with Crippen LogP contribution in [0.5, 0.6) is 5.75 Å². The normalized spacial score (nSPS) is 15.0. The number of hydrogen-bond donors (Lipinski definition) is 2. The van der Waals surface area contributed by atoms with E-state index in [2.05, 4.69) is 32.4 Å². The first kappa shape index (κ1) is 12.5. The summed E-state index contributed by atoms with van der Waals surface area (Å²) in [5, 5.41) is 0. The van der Waals surface area contributed by atoms with Crippen LogP contribution in [0, 0.1) is 0 Å². The molecule has 3 N–H and O–H groups in total. The molecule has 0 saturated carbocycles. The monoisotopic (exact) mass is 276 g/mol. The standard InChI is InChI=1S/C13H16N4OS/c14-16-11(12-8-15-19-17-12)3-1-9-2-4-13-10(7-9)5-6-18-13/h2,4,7-8,11,16H,1,3,5-6,14H2. The van der Waals surface area contributed by atoms with Gasteiger partial charge in [-0.1, -0.05) is 12.1 Å². The molecule has 1 aliphatic rings. The van der Waals surface area contributed by atoms with Gasteiger partial charge in [-0.2, -0.15) is 8.75 Å². The second-order valence-corrected chi connectivity index (χ2v) is 5.19. The van der Waals surface area contributed by atoms with Crippen molar-refractivity contribution in [2.45, 2.75) is 25.3 Å². The van der Waals surface area contributed by atoms with Crippen molar-refractivity contribution in [3.05, 3.63) is 41.2 Å². The summed E-state index contributed by atoms with van der Waals surface area (Å²) in [6, 6.07) is 6.47. The summed E-state index contributed by atoms with van der Waals surface area (Å²) in [6.45, 7) is 0.802. The molecule has 0 aliphatic carbocycles. The topological polar surface area (TPSA) is 73.1 Å². The number of hydrogen-bond acceptors (Lipinski definition) is 6. The van der Waals surface area contributed by atoms with Gasteiger partial charge in [0.15, 0.2) is 0 Å². The Balaban J connectivity index is 1.65. The maximum absolute atomic E-state index is 5.59. The molecule has 1 aliphatic heterocycles. The van der Waals surface area contributed by atoms with Crippen LogP contribution in [0.2, 0.25) is 0 Å². The summed E-state index contributed by atoms with van der Waals surface area (Å²) < 4.78 is 13.7. The van der Waals surface area contributed by atoms with E-state index in [9.17, 15) is 0 Å². The van der Waals surface area contributed by atoms with Gasteiger partial charge in [0.2, 0.25) is 0 Å². The predicted octanol–water partition coefficient (Wildman–Crippen LogP) is 1.61. The molecule has 100 valence electrons. The molecule has 0 fully saturated rings. The fraction of sp³-hybridized carbons (Fsp3) is 0.385. The van der Waals surface area contributed by atoms with Crippen molar-refractivity contribution in [2.75, 3.05) is 6.61 Å². The Morgan fingerprint density at radius 3 is 3.21 bits per heavy atom. The molecule has 1 aromatic heterocycles. The maximum atomic E-state index is 5.59. The van der Waals surface area contributed by atoms with Crippen LogP contribution in [0.3, 0.4) is 0 Å². The van der Waals surface area contributed by atoms with E-state index in [-0.39, 0.29) is 6.04 Å². The van der Waals surface area contributed by atoms with Crippen LogP contribution in [0.1, 0.15) is 29.3 Å². The third kappa shape index (κ3) is 2.75. The number of aromatic nitrogens is 2. The van der Waals surface area contributed by atoms with Crippen LogP contribution < -0.4 is 16.0 Å². The van der Waals surface area contributed by atoms with Crippen molar-refractivity contribution >= 4 is 11.7 Å². The molecule has 1 aromatic carbocycles. The number of benzene rings is 1. The highest BCUT2D eigenvalue weighted by atomic mass is 32.1. The number of nitrogens with two attached hydrogens (primary N) is 1. The lowest BCUT2D eigenvalue weighted by Crippen LogP contribution is -2.28. The highest BCUT2D eigenvalue weighted by Gasteiger charge is 2.15. The Bertz CT molecular complexity index is 544. The number of rotatable bonds is 5. The second-order valence-electron chi connectivity index (χ2n) is 4.63. The zero-order valence-electron chi connectivity index (χ0n) is 10.5. The predicted molar refractivity (Wildman–Crippen MR) is 73.9 cm³/mol. The van der Waals surface area contributed by atoms with E-state index < -0.39 is 0 Å². The maximum Gasteiger partial charge on any atom is 0.122 e. The third-order valence-corrected chi connectivity index (χ3v) is 3.90. The van der Waals surface area contributed by atoms with E-state index in [1.165, 1.54) is 22.9 Å². The van der Waals surface area contributed by atoms with Crippen LogP contribution in [0.25, 0.3) is 0 Å². The van der Waals surface area contributed by atoms with E-state index >= 15 is 0 Å². The number of hydrazine groups is 1. The summed E-state index contributed by atoms with van der Waals surface area (Å²) in [4.78, 5) is 0. The average molecular weight is 276 g/mol. The van der Waals surface area contributed by atoms with Gasteiger partial charge in [-0.15, -0.1) is 0 Å². The van der Waals surface area contributed by atoms with Gasteiger partial charge in [-0.3, -0.25) is 11.3 Å². The van der Waals surface area contributed by atoms with Gasteiger partial charge in [0, 0.05) is 6.42 Å². The number of aryl methyl sites for hydroxylation is 1. The Morgan fingerprint density at radius 1 is 1.47 bits per heavy atom. The molecule has 5 nitrogen and oxygen atoms in total. The lowest BCUT2D eigenvalue weighted by molar-refractivity contribution is 0.357. The molecule has 0 saturated heterocycles. The Hall–Kier alpha value is -1.50. The van der Waals surface area contributed by atoms with Gasteiger partial charge in [0.1, 0.15) is 5.75 Å². The minimum absolute atomic E-state index is 0.0586. The minimum Gasteiger partial charge on any atom is -0.493 e. The van der Waals surface area contributed by atoms with Crippen LogP contribution in [-0.2, 0) is 12.8 Å². The summed E-state index contributed by atoms with van der Waals surface area (Å²) in [7, 11) is 0. The molecular weight excluding hydrogens is 260 g/mol. The zero-order chi connectivity index (χ0) is 13.1. The molecule has 2 heterocycles. The van der Waals surface area contributed by atoms with Gasteiger partial charge in [0.05, 0.1) is 36.3 Å². The molecule has 0 radical (unpaired) electrons. The van der Waals surface area contributed by atoms with Crippen LogP contribution in [0.4, 0.5) is 0 Å². The van der Waals surface area contributed by atoms with Gasteiger partial charge in [-0.05, 0) is 30.0 Å². The molecule has 3 rings (SSSR count). The molecule has 0 amide bonds. The first-order valence-corrected chi connectivity index (χ1v) is 7.08. The molecule has 6 heteroatoms. The molecule has 0 spiro atoms. The molecule has 1 atom stereocenters. The summed E-state index contributed by atoms with van der Waals surface area (Å²) >= 11 is 1.21. The molecule has 2 aromatic rings. The lowest BCUT2D eigenvalue weighted by atomic mass is 10.0. The Labute approximate surface area is 116 Å². The second kappa shape index (κ2) is 5.64. The van der Waals surface area contributed by atoms with Crippen LogP contribution in [0.15, 0.2) is 24.4 Å². The van der Waals surface area contributed by atoms with E-state index in [1.54, 1.807) is 6.20 Å². The average Bonchev–Trinajstić information content (AvgIpc) is 3.10. The SMILES string of the molecule is NNC(CCc1ccc2c(c1)CCO2)c1cnsn1. The first-order chi connectivity index (χ1) is 9.36. The number of fused-ring (bicyclic) bond motifs is 1. The smallest absolute Gasteiger partial charge is 0.122 e. The Kier molecular flexibility index (Phi) is 3.72. The molecule has 1 unspecified atom stereocenters. The van der Waals surface area contributed by atoms with Crippen LogP contribution in [-0.4, -0.2) is 15.4 Å². The van der Waals surface area contributed by atoms with Crippen LogP contribution >= 0.6 is 11.7 Å². The lowest BCUT2D eigenvalue weighted by Gasteiger charge is -2.13. The van der Waals surface area contributed by atoms with Gasteiger partial charge in [-0.25, -0.2) is 0 Å². The van der Waals surface area contributed by atoms with Crippen molar-refractivity contribution in [2.24, 2.45) is 5.84 Å². The van der Waals surface area contributed by atoms with E-state index in [0.717, 1.165) is 37.3 Å². The zero-order valence-corrected chi connectivity index (χ0v) is 11.3. The summed E-state index contributed by atoms with van der Waals surface area (Å²) in [6.07, 6.45) is 4.64. The largest absolute Gasteiger partial charge is 0.493 e. The van der Waals surface area contributed by atoms with Crippen molar-refractivity contribution < 1.29 is 4.74 Å². The Morgan fingerprint density at radius 2 is 2.42 bits per heavy atom. The molecule has 0 bridgehead atoms. The van der Waals surface area contributed by atoms with Gasteiger partial charge < -0.3 is 4.74 Å². The number of nitrogens with zero attached hydrogens (tertiary/aromatic N) is 2. The first-order valence-electron chi connectivity index (χ1n) is 6.35. The van der Waals surface area contributed by atoms with Crippen molar-refractivity contribution in [3.63, 3.8) is 0 Å². The highest BCUT2D eigenvalue weighted by Crippen LogP contribution is 2.27. The van der Waals surface area contributed by atoms with Crippen molar-refractivity contribution in [3.8, 4) is 5.75 Å². The highest BCUT2D eigenvalue weighted by molar-refractivity contribution is 6.99. The quantitative estimate of drug-likeness (QED) is 0.641. The summed E-state index contributed by atoms with van der Waals surface area (Å²) in [5.74, 6) is 6.61. The summed E-state index contributed by atoms with van der Waals surface area (Å²) in [5.41, 5.74) is 6.34. The van der Waals surface area contributed by atoms with Gasteiger partial charge >= 0.3 is 0 Å². The fourth-order valence-corrected chi connectivity index (χ4v) is 2.82. The number of nitrogens with one attached hydrogen (secondary N) is 1. The van der Waals surface area contributed by atoms with E-state index in [0.29, 0.717) is 0 Å². The van der Waals surface area contributed by atoms with Gasteiger partial charge in [0.25, 0.3) is 0 Å². The van der Waals surface area contributed by atoms with Crippen molar-refractivity contribution in [1.29, 1.82) is 0 Å². The van der Waals surface area contributed by atoms with Crippen molar-refractivity contribution in [1.82, 2.24) is 14.2 Å². The number of ether oxygens (including phenoxy) is 1. The minimum atomic E-state index is 0.0586. The van der Waals surface area contributed by atoms with E-state index in [4.69, 9.17) is 10.6 Å². The van der Waals surface area contributed by atoms with E-state index in [1.807, 2.05) is 0 Å². The molecular formula is C13H16N4OS. The fourth-order valence-electron chi connectivity index (χ4n) is 2.35. The third-order valence-electron chi connectivity index (χ3n) is 3.41.